The van der Waals surface area contributed by atoms with Gasteiger partial charge in [0, 0.05) is 10.8 Å². The monoisotopic (exact) mass is 518 g/mol. The number of esters is 1. The molecule has 0 aliphatic carbocycles. The molecule has 0 bridgehead atoms. The Bertz CT molecular complexity index is 1030. The van der Waals surface area contributed by atoms with Gasteiger partial charge in [-0.2, -0.15) is 0 Å². The second-order valence-electron chi connectivity index (χ2n) is 5.06. The Morgan fingerprint density at radius 3 is 1.96 bits per heavy atom. The minimum atomic E-state index is -0.922. The fourth-order valence-corrected chi connectivity index (χ4v) is 5.24. The molecule has 4 aromatic rings. The van der Waals surface area contributed by atoms with E-state index in [1.54, 1.807) is 30.4 Å². The standard InChI is InChI=1S/C9H8BrNO2S.C7H4BrNO2S/c1-2-13-9(12)6-3-5-4-7(10)14-8(5)11-6;8-5-2-3-1-4(7(10)11)9-6(3)12-5/h3-4,11H,2H2,1H3;1-2,9H,(H,10,11). The molecule has 0 radical (unpaired) electrons. The van der Waals surface area contributed by atoms with Crippen molar-refractivity contribution in [1.29, 1.82) is 0 Å². The zero-order valence-corrected chi connectivity index (χ0v) is 18.1. The van der Waals surface area contributed by atoms with E-state index in [1.165, 1.54) is 11.3 Å². The number of carbonyl (C=O) groups excluding carboxylic acids is 1. The minimum Gasteiger partial charge on any atom is -0.477 e. The number of halogens is 2. The van der Waals surface area contributed by atoms with Crippen molar-refractivity contribution in [1.82, 2.24) is 9.97 Å². The summed E-state index contributed by atoms with van der Waals surface area (Å²) in [6.45, 7) is 2.19. The van der Waals surface area contributed by atoms with E-state index in [9.17, 15) is 9.59 Å². The molecule has 6 nitrogen and oxygen atoms in total. The highest BCUT2D eigenvalue weighted by Crippen LogP contribution is 2.30. The highest BCUT2D eigenvalue weighted by Gasteiger charge is 2.11. The van der Waals surface area contributed by atoms with E-state index in [4.69, 9.17) is 9.84 Å². The number of aromatic amines is 2. The van der Waals surface area contributed by atoms with Crippen LogP contribution in [0.1, 0.15) is 27.9 Å². The number of fused-ring (bicyclic) bond motifs is 2. The van der Waals surface area contributed by atoms with Gasteiger partial charge in [-0.15, -0.1) is 22.7 Å². The lowest BCUT2D eigenvalue weighted by Gasteiger charge is -1.96. The summed E-state index contributed by atoms with van der Waals surface area (Å²) in [7, 11) is 0. The van der Waals surface area contributed by atoms with Crippen molar-refractivity contribution in [3.63, 3.8) is 0 Å². The lowest BCUT2D eigenvalue weighted by Crippen LogP contribution is -2.04. The minimum absolute atomic E-state index is 0.240. The molecule has 0 amide bonds. The first-order valence-electron chi connectivity index (χ1n) is 7.34. The molecule has 0 aliphatic rings. The lowest BCUT2D eigenvalue weighted by atomic mass is 10.3. The molecule has 0 saturated carbocycles. The molecule has 0 aliphatic heterocycles. The van der Waals surface area contributed by atoms with E-state index in [1.807, 2.05) is 12.1 Å². The molecule has 136 valence electrons. The first kappa shape index (κ1) is 19.2. The summed E-state index contributed by atoms with van der Waals surface area (Å²) < 4.78 is 6.93. The van der Waals surface area contributed by atoms with Gasteiger partial charge in [-0.1, -0.05) is 0 Å². The Hall–Kier alpha value is -1.62. The van der Waals surface area contributed by atoms with Crippen LogP contribution >= 0.6 is 54.5 Å². The number of aromatic nitrogens is 2. The largest absolute Gasteiger partial charge is 0.477 e. The summed E-state index contributed by atoms with van der Waals surface area (Å²) >= 11 is 9.74. The maximum Gasteiger partial charge on any atom is 0.354 e. The van der Waals surface area contributed by atoms with Crippen LogP contribution in [-0.2, 0) is 4.74 Å². The number of carboxylic acids is 1. The molecule has 26 heavy (non-hydrogen) atoms. The molecule has 4 heterocycles. The van der Waals surface area contributed by atoms with Crippen LogP contribution in [0.3, 0.4) is 0 Å². The van der Waals surface area contributed by atoms with Crippen LogP contribution in [0.5, 0.6) is 0 Å². The van der Waals surface area contributed by atoms with Gasteiger partial charge < -0.3 is 19.8 Å². The number of hydrogen-bond donors (Lipinski definition) is 3. The Morgan fingerprint density at radius 2 is 1.50 bits per heavy atom. The molecule has 0 unspecified atom stereocenters. The van der Waals surface area contributed by atoms with E-state index in [2.05, 4.69) is 41.8 Å². The average Bonchev–Trinajstić information content (AvgIpc) is 3.26. The molecule has 10 heteroatoms. The normalized spacial score (nSPS) is 10.7. The first-order valence-corrected chi connectivity index (χ1v) is 10.6. The van der Waals surface area contributed by atoms with E-state index in [0.717, 1.165) is 28.0 Å². The number of carboxylic acid groups (broad SMARTS) is 1. The molecule has 0 atom stereocenters. The van der Waals surface area contributed by atoms with Gasteiger partial charge in [0.1, 0.15) is 21.0 Å². The Morgan fingerprint density at radius 1 is 1.00 bits per heavy atom. The van der Waals surface area contributed by atoms with Crippen molar-refractivity contribution in [2.45, 2.75) is 6.92 Å². The topological polar surface area (TPSA) is 95.2 Å². The van der Waals surface area contributed by atoms with Crippen LogP contribution in [0.25, 0.3) is 20.4 Å². The molecular formula is C16H12Br2N2O4S2. The van der Waals surface area contributed by atoms with Crippen LogP contribution < -0.4 is 0 Å². The van der Waals surface area contributed by atoms with Crippen molar-refractivity contribution in [2.75, 3.05) is 6.61 Å². The van der Waals surface area contributed by atoms with Crippen LogP contribution in [0.2, 0.25) is 0 Å². The van der Waals surface area contributed by atoms with E-state index in [0.29, 0.717) is 12.3 Å². The molecule has 4 rings (SSSR count). The van der Waals surface area contributed by atoms with Crippen LogP contribution in [0.4, 0.5) is 0 Å². The Labute approximate surface area is 172 Å². The maximum atomic E-state index is 11.3. The van der Waals surface area contributed by atoms with E-state index >= 15 is 0 Å². The van der Waals surface area contributed by atoms with Crippen LogP contribution in [0.15, 0.2) is 31.8 Å². The molecule has 0 fully saturated rings. The molecule has 0 saturated heterocycles. The number of aromatic carboxylic acids is 1. The highest BCUT2D eigenvalue weighted by molar-refractivity contribution is 9.11. The van der Waals surface area contributed by atoms with Crippen LogP contribution in [-0.4, -0.2) is 33.6 Å². The summed E-state index contributed by atoms with van der Waals surface area (Å²) in [6, 6.07) is 7.29. The predicted molar refractivity (Wildman–Crippen MR) is 111 cm³/mol. The third-order valence-corrected chi connectivity index (χ3v) is 6.42. The van der Waals surface area contributed by atoms with Gasteiger partial charge in [0.25, 0.3) is 0 Å². The quantitative estimate of drug-likeness (QED) is 0.295. The van der Waals surface area contributed by atoms with Gasteiger partial charge in [0.2, 0.25) is 0 Å². The number of H-pyrrole nitrogens is 2. The van der Waals surface area contributed by atoms with E-state index in [-0.39, 0.29) is 11.7 Å². The number of hydrogen-bond acceptors (Lipinski definition) is 5. The second kappa shape index (κ2) is 7.95. The van der Waals surface area contributed by atoms with Gasteiger partial charge in [0.05, 0.1) is 14.2 Å². The second-order valence-corrected chi connectivity index (χ2v) is 9.92. The SMILES string of the molecule is CCOC(=O)c1cc2cc(Br)sc2[nH]1.O=C(O)c1cc2cc(Br)sc2[nH]1. The maximum absolute atomic E-state index is 11.3. The fourth-order valence-electron chi connectivity index (χ4n) is 2.22. The molecule has 4 aromatic heterocycles. The van der Waals surface area contributed by atoms with Gasteiger partial charge in [-0.3, -0.25) is 0 Å². The Kier molecular flexibility index (Phi) is 5.86. The van der Waals surface area contributed by atoms with Gasteiger partial charge in [0.15, 0.2) is 0 Å². The highest BCUT2D eigenvalue weighted by atomic mass is 79.9. The summed E-state index contributed by atoms with van der Waals surface area (Å²) in [4.78, 5) is 29.5. The van der Waals surface area contributed by atoms with Crippen molar-refractivity contribution in [3.05, 3.63) is 43.2 Å². The fraction of sp³-hybridized carbons (Fsp3) is 0.125. The van der Waals surface area contributed by atoms with Crippen molar-refractivity contribution >= 4 is 86.9 Å². The molecule has 3 N–H and O–H groups in total. The third-order valence-electron chi connectivity index (χ3n) is 3.28. The third kappa shape index (κ3) is 4.20. The molecular weight excluding hydrogens is 508 g/mol. The summed E-state index contributed by atoms with van der Waals surface area (Å²) in [5.41, 5.74) is 0.754. The van der Waals surface area contributed by atoms with Crippen molar-refractivity contribution < 1.29 is 19.4 Å². The smallest absolute Gasteiger partial charge is 0.354 e. The molecule has 0 spiro atoms. The van der Waals surface area contributed by atoms with Crippen molar-refractivity contribution in [3.8, 4) is 0 Å². The van der Waals surface area contributed by atoms with Crippen molar-refractivity contribution in [2.24, 2.45) is 0 Å². The van der Waals surface area contributed by atoms with E-state index < -0.39 is 5.97 Å². The number of carbonyl (C=O) groups is 2. The summed E-state index contributed by atoms with van der Waals surface area (Å²) in [5, 5.41) is 10.6. The van der Waals surface area contributed by atoms with Crippen LogP contribution in [0, 0.1) is 0 Å². The van der Waals surface area contributed by atoms with Gasteiger partial charge in [-0.05, 0) is 63.0 Å². The number of rotatable bonds is 3. The van der Waals surface area contributed by atoms with Gasteiger partial charge in [-0.25, -0.2) is 9.59 Å². The lowest BCUT2D eigenvalue weighted by molar-refractivity contribution is 0.0520. The summed E-state index contributed by atoms with van der Waals surface area (Å²) in [5.74, 6) is -1.22. The Balaban J connectivity index is 0.000000152. The predicted octanol–water partition coefficient (Wildman–Crippen LogP) is 5.86. The number of thiophene rings is 2. The zero-order valence-electron chi connectivity index (χ0n) is 13.3. The number of nitrogens with one attached hydrogen (secondary N) is 2. The zero-order chi connectivity index (χ0) is 18.8. The first-order chi connectivity index (χ1) is 12.4. The number of ether oxygens (including phenoxy) is 1. The summed E-state index contributed by atoms with van der Waals surface area (Å²) in [6.07, 6.45) is 0. The molecule has 0 aromatic carbocycles. The van der Waals surface area contributed by atoms with Gasteiger partial charge >= 0.3 is 11.9 Å². The average molecular weight is 520 g/mol.